The fourth-order valence-electron chi connectivity index (χ4n) is 7.31. The van der Waals surface area contributed by atoms with Crippen LogP contribution in [0.25, 0.3) is 11.1 Å². The van der Waals surface area contributed by atoms with Crippen molar-refractivity contribution in [1.29, 1.82) is 5.26 Å². The number of aromatic nitrogens is 1. The molecule has 1 fully saturated rings. The monoisotopic (exact) mass is 766 g/mol. The molecule has 1 aromatic heterocycles. The number of likely N-dealkylation sites (tertiary alicyclic amines) is 1. The number of hydrogen-bond acceptors (Lipinski definition) is 5. The lowest BCUT2D eigenvalue weighted by Gasteiger charge is -2.34. The Morgan fingerprint density at radius 3 is 2.26 bits per heavy atom. The number of carboxylic acid groups (broad SMARTS) is 1. The summed E-state index contributed by atoms with van der Waals surface area (Å²) in [5.41, 5.74) is -3.98. The third-order valence-corrected chi connectivity index (χ3v) is 9.95. The predicted molar refractivity (Wildman–Crippen MR) is 181 cm³/mol. The van der Waals surface area contributed by atoms with Gasteiger partial charge in [-0.15, -0.1) is 0 Å². The van der Waals surface area contributed by atoms with E-state index in [9.17, 15) is 55.5 Å². The number of nitrogens with zero attached hydrogens (tertiary/aromatic N) is 3. The van der Waals surface area contributed by atoms with Crippen molar-refractivity contribution in [3.05, 3.63) is 91.6 Å². The topological polar surface area (TPSA) is 115 Å². The van der Waals surface area contributed by atoms with Crippen molar-refractivity contribution >= 4 is 11.9 Å². The number of aryl methyl sites for hydroxylation is 2. The summed E-state index contributed by atoms with van der Waals surface area (Å²) >= 11 is 0. The number of nitrogens with one attached hydrogen (secondary N) is 1. The predicted octanol–water partition coefficient (Wildman–Crippen LogP) is 7.84. The van der Waals surface area contributed by atoms with E-state index in [0.29, 0.717) is 55.4 Å². The van der Waals surface area contributed by atoms with Crippen LogP contribution in [0.15, 0.2) is 41.3 Å². The van der Waals surface area contributed by atoms with Gasteiger partial charge in [-0.2, -0.15) is 31.6 Å². The fourth-order valence-corrected chi connectivity index (χ4v) is 7.31. The van der Waals surface area contributed by atoms with Crippen LogP contribution in [0.4, 0.5) is 35.1 Å². The highest BCUT2D eigenvalue weighted by Crippen LogP contribution is 2.41. The first-order valence-electron chi connectivity index (χ1n) is 17.5. The third kappa shape index (κ3) is 9.29. The molecule has 1 saturated heterocycles. The van der Waals surface area contributed by atoms with Gasteiger partial charge in [-0.05, 0) is 84.7 Å². The molecular weight excluding hydrogens is 728 g/mol. The highest BCUT2D eigenvalue weighted by Gasteiger charge is 2.39. The third-order valence-electron chi connectivity index (χ3n) is 9.95. The number of pyridine rings is 1. The van der Waals surface area contributed by atoms with Crippen LogP contribution in [0.5, 0.6) is 0 Å². The summed E-state index contributed by atoms with van der Waals surface area (Å²) in [6.07, 6.45) is -9.02. The van der Waals surface area contributed by atoms with Gasteiger partial charge in [-0.3, -0.25) is 19.3 Å². The van der Waals surface area contributed by atoms with E-state index in [1.807, 2.05) is 6.07 Å². The largest absolute Gasteiger partial charge is 0.481 e. The standard InChI is InChI=1S/C38H38F8N4O4/c1-21-11-22(17-47)12-23-7-5-3-2-4-6-8-31(50-18-24(9-10-49-19-26(39)20-49)28(15-32(50)51)37(41,42)43)36(54)48-30(16-33(52)53)27-13-25(34(21)23)14-29(35(27)40)38(44,45)46/h11-15,18,26,30-31H,2-10,16,19-20H2,1H3,(H,48,54)(H,52,53)/t30-,31-/m0/s1. The van der Waals surface area contributed by atoms with Gasteiger partial charge in [0.1, 0.15) is 18.0 Å². The van der Waals surface area contributed by atoms with E-state index in [1.165, 1.54) is 6.07 Å². The number of halogens is 8. The van der Waals surface area contributed by atoms with Crippen molar-refractivity contribution in [2.45, 2.75) is 95.3 Å². The minimum absolute atomic E-state index is 0.0246. The van der Waals surface area contributed by atoms with Crippen molar-refractivity contribution in [2.75, 3.05) is 19.6 Å². The number of fused-ring (bicyclic) bond motifs is 4. The zero-order valence-electron chi connectivity index (χ0n) is 29.2. The zero-order valence-corrected chi connectivity index (χ0v) is 29.2. The average molecular weight is 767 g/mol. The Morgan fingerprint density at radius 2 is 1.63 bits per heavy atom. The number of amides is 1. The SMILES string of the molecule is Cc1cc(C#N)cc2c1-c1cc(c(F)c(C(F)(F)F)c1)[C@H](CC(=O)O)NC(=O)[C@@H](n1cc(CCN3CC(F)C3)c(C(F)(F)F)cc1=O)CCCCCCC2. The van der Waals surface area contributed by atoms with Gasteiger partial charge in [0.25, 0.3) is 5.56 Å². The van der Waals surface area contributed by atoms with Crippen molar-refractivity contribution in [3.8, 4) is 17.2 Å². The Kier molecular flexibility index (Phi) is 12.2. The molecule has 0 radical (unpaired) electrons. The van der Waals surface area contributed by atoms with Crippen molar-refractivity contribution in [3.63, 3.8) is 0 Å². The van der Waals surface area contributed by atoms with Gasteiger partial charge in [0.2, 0.25) is 5.91 Å². The summed E-state index contributed by atoms with van der Waals surface area (Å²) in [6.45, 7) is 1.65. The van der Waals surface area contributed by atoms with Crippen LogP contribution in [0.3, 0.4) is 0 Å². The van der Waals surface area contributed by atoms with Crippen molar-refractivity contribution in [1.82, 2.24) is 14.8 Å². The Bertz CT molecular complexity index is 2000. The molecule has 3 heterocycles. The zero-order chi connectivity index (χ0) is 39.5. The maximum Gasteiger partial charge on any atom is 0.419 e. The van der Waals surface area contributed by atoms with Crippen molar-refractivity contribution in [2.24, 2.45) is 0 Å². The van der Waals surface area contributed by atoms with Gasteiger partial charge in [0.05, 0.1) is 35.2 Å². The van der Waals surface area contributed by atoms with Crippen LogP contribution in [0, 0.1) is 24.1 Å². The molecule has 290 valence electrons. The molecule has 2 aromatic carbocycles. The van der Waals surface area contributed by atoms with E-state index in [2.05, 4.69) is 5.32 Å². The second-order valence-electron chi connectivity index (χ2n) is 13.9. The molecule has 0 spiro atoms. The van der Waals surface area contributed by atoms with Crippen LogP contribution < -0.4 is 10.9 Å². The van der Waals surface area contributed by atoms with Gasteiger partial charge in [0.15, 0.2) is 0 Å². The van der Waals surface area contributed by atoms with Gasteiger partial charge >= 0.3 is 18.3 Å². The summed E-state index contributed by atoms with van der Waals surface area (Å²) in [7, 11) is 0. The molecule has 0 unspecified atom stereocenters. The summed E-state index contributed by atoms with van der Waals surface area (Å²) < 4.78 is 116. The highest BCUT2D eigenvalue weighted by atomic mass is 19.4. The maximum atomic E-state index is 16.0. The lowest BCUT2D eigenvalue weighted by atomic mass is 9.87. The highest BCUT2D eigenvalue weighted by molar-refractivity contribution is 5.82. The molecule has 54 heavy (non-hydrogen) atoms. The van der Waals surface area contributed by atoms with Gasteiger partial charge in [-0.25, -0.2) is 8.78 Å². The molecule has 0 aliphatic carbocycles. The number of aliphatic carboxylic acids is 1. The number of rotatable bonds is 6. The minimum atomic E-state index is -5.26. The number of alkyl halides is 7. The molecular formula is C38H38F8N4O4. The molecule has 2 bridgehead atoms. The number of carboxylic acids is 1. The van der Waals surface area contributed by atoms with E-state index in [0.717, 1.165) is 16.8 Å². The molecule has 2 aliphatic heterocycles. The number of hydrogen-bond donors (Lipinski definition) is 2. The molecule has 8 nitrogen and oxygen atoms in total. The molecule has 2 aliphatic rings. The Labute approximate surface area is 305 Å². The van der Waals surface area contributed by atoms with Gasteiger partial charge < -0.3 is 15.0 Å². The first-order valence-corrected chi connectivity index (χ1v) is 17.5. The Hall–Kier alpha value is -4.78. The second-order valence-corrected chi connectivity index (χ2v) is 13.9. The van der Waals surface area contributed by atoms with Gasteiger partial charge in [-0.1, -0.05) is 25.7 Å². The van der Waals surface area contributed by atoms with Crippen LogP contribution in [0.1, 0.15) is 96.0 Å². The molecule has 3 aromatic rings. The lowest BCUT2D eigenvalue weighted by Crippen LogP contribution is -2.49. The fraction of sp³-hybridized carbons (Fsp3) is 0.474. The molecule has 5 rings (SSSR count). The van der Waals surface area contributed by atoms with Crippen molar-refractivity contribution < 1.29 is 49.8 Å². The van der Waals surface area contributed by atoms with Crippen LogP contribution in [-0.4, -0.2) is 52.3 Å². The molecule has 0 saturated carbocycles. The van der Waals surface area contributed by atoms with E-state index in [4.69, 9.17) is 0 Å². The average Bonchev–Trinajstić information content (AvgIpc) is 3.06. The van der Waals surface area contributed by atoms with E-state index >= 15 is 4.39 Å². The first-order chi connectivity index (χ1) is 25.4. The smallest absolute Gasteiger partial charge is 0.419 e. The van der Waals surface area contributed by atoms with E-state index < -0.39 is 77.0 Å². The van der Waals surface area contributed by atoms with Crippen LogP contribution in [0.2, 0.25) is 0 Å². The quantitative estimate of drug-likeness (QED) is 0.247. The normalized spacial score (nSPS) is 19.4. The maximum absolute atomic E-state index is 16.0. The Morgan fingerprint density at radius 1 is 0.963 bits per heavy atom. The van der Waals surface area contributed by atoms with Crippen LogP contribution >= 0.6 is 0 Å². The molecule has 16 heteroatoms. The summed E-state index contributed by atoms with van der Waals surface area (Å²) in [4.78, 5) is 41.1. The first kappa shape index (κ1) is 40.4. The van der Waals surface area contributed by atoms with Crippen LogP contribution in [-0.2, 0) is 34.8 Å². The second kappa shape index (κ2) is 16.3. The summed E-state index contributed by atoms with van der Waals surface area (Å²) in [5, 5.41) is 21.7. The summed E-state index contributed by atoms with van der Waals surface area (Å²) in [6, 6.07) is 3.53. The van der Waals surface area contributed by atoms with Gasteiger partial charge in [0, 0.05) is 37.5 Å². The number of benzene rings is 2. The Balaban J connectivity index is 1.65. The number of nitriles is 1. The minimum Gasteiger partial charge on any atom is -0.481 e. The lowest BCUT2D eigenvalue weighted by molar-refractivity contribution is -0.140. The molecule has 2 atom stereocenters. The number of carbonyl (C=O) groups is 2. The summed E-state index contributed by atoms with van der Waals surface area (Å²) in [5.74, 6) is -4.56. The molecule has 1 amide bonds. The number of carbonyl (C=O) groups excluding carboxylic acids is 1. The molecule has 2 N–H and O–H groups in total. The van der Waals surface area contributed by atoms with E-state index in [-0.39, 0.29) is 61.2 Å². The van der Waals surface area contributed by atoms with E-state index in [1.54, 1.807) is 17.9 Å².